The molecule has 0 saturated carbocycles. The molecule has 2 aromatic heterocycles. The zero-order valence-corrected chi connectivity index (χ0v) is 17.2. The molecular formula is C19H24N4O4S. The molecule has 0 fully saturated rings. The number of fused-ring (bicyclic) bond motifs is 1. The van der Waals surface area contributed by atoms with Gasteiger partial charge in [-0.15, -0.1) is 5.10 Å². The summed E-state index contributed by atoms with van der Waals surface area (Å²) in [5.41, 5.74) is 2.81. The van der Waals surface area contributed by atoms with Gasteiger partial charge in [-0.05, 0) is 37.6 Å². The molecule has 0 bridgehead atoms. The van der Waals surface area contributed by atoms with Gasteiger partial charge in [-0.2, -0.15) is 4.98 Å². The molecule has 1 N–H and O–H groups in total. The number of benzene rings is 1. The highest BCUT2D eigenvalue weighted by Crippen LogP contribution is 2.27. The predicted molar refractivity (Wildman–Crippen MR) is 106 cm³/mol. The van der Waals surface area contributed by atoms with E-state index in [-0.39, 0.29) is 6.61 Å². The molecule has 0 radical (unpaired) electrons. The molecule has 8 nitrogen and oxygen atoms in total. The normalized spacial score (nSPS) is 12.3. The molecule has 0 unspecified atom stereocenters. The van der Waals surface area contributed by atoms with Gasteiger partial charge in [-0.1, -0.05) is 17.8 Å². The van der Waals surface area contributed by atoms with E-state index in [1.807, 2.05) is 38.1 Å². The molecule has 28 heavy (non-hydrogen) atoms. The largest absolute Gasteiger partial charge is 0.493 e. The van der Waals surface area contributed by atoms with Gasteiger partial charge in [0.25, 0.3) is 5.78 Å². The number of aliphatic hydroxyl groups is 1. The topological polar surface area (TPSA) is 91.0 Å². The number of ether oxygens (including phenoxy) is 3. The maximum atomic E-state index is 10.2. The smallest absolute Gasteiger partial charge is 0.253 e. The fourth-order valence-electron chi connectivity index (χ4n) is 2.71. The van der Waals surface area contributed by atoms with Gasteiger partial charge in [-0.3, -0.25) is 0 Å². The van der Waals surface area contributed by atoms with Crippen LogP contribution in [0.25, 0.3) is 5.78 Å². The molecule has 1 atom stereocenters. The lowest BCUT2D eigenvalue weighted by molar-refractivity contribution is 0.0397. The Bertz CT molecular complexity index is 947. The number of aryl methyl sites for hydroxylation is 2. The van der Waals surface area contributed by atoms with E-state index in [9.17, 15) is 5.11 Å². The highest BCUT2D eigenvalue weighted by atomic mass is 32.2. The quantitative estimate of drug-likeness (QED) is 0.544. The Labute approximate surface area is 167 Å². The van der Waals surface area contributed by atoms with Crippen LogP contribution < -0.4 is 9.47 Å². The van der Waals surface area contributed by atoms with Gasteiger partial charge in [0.15, 0.2) is 11.5 Å². The van der Waals surface area contributed by atoms with Crippen LogP contribution in [-0.4, -0.2) is 57.4 Å². The van der Waals surface area contributed by atoms with E-state index in [2.05, 4.69) is 15.1 Å². The summed E-state index contributed by atoms with van der Waals surface area (Å²) in [5, 5.41) is 15.2. The van der Waals surface area contributed by atoms with Crippen LogP contribution in [0.1, 0.15) is 17.0 Å². The second-order valence-electron chi connectivity index (χ2n) is 6.31. The first-order valence-electron chi connectivity index (χ1n) is 8.80. The van der Waals surface area contributed by atoms with Gasteiger partial charge in [0, 0.05) is 17.1 Å². The lowest BCUT2D eigenvalue weighted by Gasteiger charge is -2.12. The summed E-state index contributed by atoms with van der Waals surface area (Å²) >= 11 is 1.38. The molecule has 150 valence electrons. The summed E-state index contributed by atoms with van der Waals surface area (Å²) in [6.07, 6.45) is -0.632. The molecule has 0 saturated heterocycles. The Morgan fingerprint density at radius 2 is 1.89 bits per heavy atom. The molecule has 3 rings (SSSR count). The predicted octanol–water partition coefficient (Wildman–Crippen LogP) is 2.43. The van der Waals surface area contributed by atoms with E-state index in [1.54, 1.807) is 18.7 Å². The highest BCUT2D eigenvalue weighted by Gasteiger charge is 2.12. The minimum atomic E-state index is -0.632. The average Bonchev–Trinajstić information content (AvgIpc) is 3.09. The van der Waals surface area contributed by atoms with Crippen molar-refractivity contribution < 1.29 is 19.3 Å². The monoisotopic (exact) mass is 404 g/mol. The van der Waals surface area contributed by atoms with E-state index in [0.29, 0.717) is 34.8 Å². The Balaban J connectivity index is 1.48. The highest BCUT2D eigenvalue weighted by molar-refractivity contribution is 7.99. The van der Waals surface area contributed by atoms with Gasteiger partial charge < -0.3 is 19.3 Å². The van der Waals surface area contributed by atoms with Crippen molar-refractivity contribution in [3.63, 3.8) is 0 Å². The number of nitrogens with zero attached hydrogens (tertiary/aromatic N) is 4. The standard InChI is InChI=1S/C19H24N4O4S/c1-12-7-13(2)23-18(20-12)21-19(22-23)28-11-15(24)10-27-9-14-5-6-16(25-3)17(8-14)26-4/h5-8,15,24H,9-11H2,1-4H3/t15-/m1/s1. The molecule has 0 aliphatic rings. The van der Waals surface area contributed by atoms with Gasteiger partial charge in [0.1, 0.15) is 0 Å². The number of aliphatic hydroxyl groups excluding tert-OH is 1. The van der Waals surface area contributed by atoms with E-state index in [4.69, 9.17) is 14.2 Å². The molecule has 0 aliphatic heterocycles. The lowest BCUT2D eigenvalue weighted by Crippen LogP contribution is -2.18. The van der Waals surface area contributed by atoms with Crippen molar-refractivity contribution in [3.8, 4) is 11.5 Å². The van der Waals surface area contributed by atoms with Gasteiger partial charge in [0.05, 0.1) is 33.5 Å². The molecule has 3 aromatic rings. The molecule has 0 aliphatic carbocycles. The number of aromatic nitrogens is 4. The fourth-order valence-corrected chi connectivity index (χ4v) is 3.43. The van der Waals surface area contributed by atoms with Crippen LogP contribution in [0.4, 0.5) is 0 Å². The molecular weight excluding hydrogens is 380 g/mol. The Morgan fingerprint density at radius 3 is 2.64 bits per heavy atom. The van der Waals surface area contributed by atoms with Crippen LogP contribution >= 0.6 is 11.8 Å². The molecule has 9 heteroatoms. The number of hydrogen-bond acceptors (Lipinski definition) is 8. The third-order valence-electron chi connectivity index (χ3n) is 4.03. The summed E-state index contributed by atoms with van der Waals surface area (Å²) < 4.78 is 17.8. The third kappa shape index (κ3) is 4.92. The van der Waals surface area contributed by atoms with Crippen molar-refractivity contribution in [3.05, 3.63) is 41.2 Å². The maximum Gasteiger partial charge on any atom is 0.253 e. The van der Waals surface area contributed by atoms with Crippen molar-refractivity contribution in [2.75, 3.05) is 26.6 Å². The van der Waals surface area contributed by atoms with Gasteiger partial charge in [-0.25, -0.2) is 9.50 Å². The van der Waals surface area contributed by atoms with Crippen LogP contribution in [0.2, 0.25) is 0 Å². The molecule has 1 aromatic carbocycles. The Morgan fingerprint density at radius 1 is 1.11 bits per heavy atom. The second-order valence-corrected chi connectivity index (χ2v) is 7.30. The van der Waals surface area contributed by atoms with Crippen LogP contribution in [0.3, 0.4) is 0 Å². The van der Waals surface area contributed by atoms with Crippen molar-refractivity contribution in [1.82, 2.24) is 19.6 Å². The number of methoxy groups -OCH3 is 2. The fraction of sp³-hybridized carbons (Fsp3) is 0.421. The Hall–Kier alpha value is -2.36. The van der Waals surface area contributed by atoms with Crippen LogP contribution in [0.15, 0.2) is 29.4 Å². The SMILES string of the molecule is COc1ccc(COC[C@@H](O)CSc2nc3nc(C)cc(C)n3n2)cc1OC. The zero-order chi connectivity index (χ0) is 20.1. The zero-order valence-electron chi connectivity index (χ0n) is 16.4. The van der Waals surface area contributed by atoms with E-state index in [0.717, 1.165) is 17.0 Å². The van der Waals surface area contributed by atoms with Crippen molar-refractivity contribution in [1.29, 1.82) is 0 Å². The average molecular weight is 404 g/mol. The molecule has 0 spiro atoms. The first-order chi connectivity index (χ1) is 13.5. The summed E-state index contributed by atoms with van der Waals surface area (Å²) in [7, 11) is 3.19. The van der Waals surface area contributed by atoms with E-state index < -0.39 is 6.10 Å². The van der Waals surface area contributed by atoms with Crippen molar-refractivity contribution >= 4 is 17.5 Å². The first kappa shape index (κ1) is 20.4. The summed E-state index contributed by atoms with van der Waals surface area (Å²) in [4.78, 5) is 8.76. The third-order valence-corrected chi connectivity index (χ3v) is 5.01. The minimum Gasteiger partial charge on any atom is -0.493 e. The summed E-state index contributed by atoms with van der Waals surface area (Å²) in [6, 6.07) is 7.54. The van der Waals surface area contributed by atoms with E-state index in [1.165, 1.54) is 11.8 Å². The minimum absolute atomic E-state index is 0.213. The van der Waals surface area contributed by atoms with Crippen molar-refractivity contribution in [2.24, 2.45) is 0 Å². The first-order valence-corrected chi connectivity index (χ1v) is 9.79. The van der Waals surface area contributed by atoms with Crippen molar-refractivity contribution in [2.45, 2.75) is 31.7 Å². The number of thioether (sulfide) groups is 1. The molecule has 2 heterocycles. The van der Waals surface area contributed by atoms with Crippen LogP contribution in [0.5, 0.6) is 11.5 Å². The van der Waals surface area contributed by atoms with E-state index >= 15 is 0 Å². The summed E-state index contributed by atoms with van der Waals surface area (Å²) in [6.45, 7) is 4.47. The summed E-state index contributed by atoms with van der Waals surface area (Å²) in [5.74, 6) is 2.32. The lowest BCUT2D eigenvalue weighted by atomic mass is 10.2. The maximum absolute atomic E-state index is 10.2. The van der Waals surface area contributed by atoms with Crippen LogP contribution in [0, 0.1) is 13.8 Å². The number of rotatable bonds is 9. The van der Waals surface area contributed by atoms with Gasteiger partial charge >= 0.3 is 0 Å². The number of hydrogen-bond donors (Lipinski definition) is 1. The van der Waals surface area contributed by atoms with Crippen LogP contribution in [-0.2, 0) is 11.3 Å². The van der Waals surface area contributed by atoms with Gasteiger partial charge in [0.2, 0.25) is 5.16 Å². The second kappa shape index (κ2) is 9.22. The Kier molecular flexibility index (Phi) is 6.71. The molecule has 0 amide bonds.